The molecule has 1 amide bonds. The van der Waals surface area contributed by atoms with Crippen LogP contribution in [0.2, 0.25) is 0 Å². The van der Waals surface area contributed by atoms with Crippen LogP contribution in [0.15, 0.2) is 0 Å². The van der Waals surface area contributed by atoms with E-state index in [2.05, 4.69) is 5.32 Å². The van der Waals surface area contributed by atoms with E-state index >= 15 is 0 Å². The lowest BCUT2D eigenvalue weighted by atomic mass is 9.90. The van der Waals surface area contributed by atoms with Crippen molar-refractivity contribution in [3.8, 4) is 0 Å². The first-order valence-corrected chi connectivity index (χ1v) is 7.83. The van der Waals surface area contributed by atoms with Crippen LogP contribution in [0.5, 0.6) is 0 Å². The van der Waals surface area contributed by atoms with Crippen LogP contribution in [0.25, 0.3) is 0 Å². The third-order valence-corrected chi connectivity index (χ3v) is 3.60. The fourth-order valence-electron chi connectivity index (χ4n) is 2.50. The number of nitrogens with one attached hydrogen (secondary N) is 1. The summed E-state index contributed by atoms with van der Waals surface area (Å²) in [6.45, 7) is 7.17. The molecule has 0 aliphatic heterocycles. The molecular formula is C16H29NO3. The molecule has 0 spiro atoms. The topological polar surface area (TPSA) is 55.4 Å². The van der Waals surface area contributed by atoms with Gasteiger partial charge in [-0.1, -0.05) is 32.1 Å². The second kappa shape index (κ2) is 7.65. The smallest absolute Gasteiger partial charge is 0.328 e. The van der Waals surface area contributed by atoms with Gasteiger partial charge in [-0.25, -0.2) is 4.79 Å². The zero-order chi connectivity index (χ0) is 15.2. The molecule has 0 saturated heterocycles. The Bertz CT molecular complexity index is 325. The average molecular weight is 283 g/mol. The molecule has 1 atom stereocenters. The largest absolute Gasteiger partial charge is 0.458 e. The van der Waals surface area contributed by atoms with Gasteiger partial charge in [0, 0.05) is 5.92 Å². The maximum atomic E-state index is 12.2. The molecule has 1 aliphatic carbocycles. The van der Waals surface area contributed by atoms with Crippen LogP contribution in [0.4, 0.5) is 0 Å². The molecule has 1 fully saturated rings. The number of rotatable bonds is 3. The molecule has 1 N–H and O–H groups in total. The average Bonchev–Trinajstić information content (AvgIpc) is 2.25. The van der Waals surface area contributed by atoms with E-state index in [0.717, 1.165) is 25.7 Å². The maximum absolute atomic E-state index is 12.2. The van der Waals surface area contributed by atoms with Crippen LogP contribution in [-0.2, 0) is 14.3 Å². The summed E-state index contributed by atoms with van der Waals surface area (Å²) in [5, 5.41) is 2.81. The van der Waals surface area contributed by atoms with Crippen LogP contribution >= 0.6 is 0 Å². The fraction of sp³-hybridized carbons (Fsp3) is 0.875. The number of carbonyl (C=O) groups excluding carboxylic acids is 2. The molecule has 4 nitrogen and oxygen atoms in total. The van der Waals surface area contributed by atoms with Gasteiger partial charge in [0.25, 0.3) is 0 Å². The van der Waals surface area contributed by atoms with Gasteiger partial charge in [0.2, 0.25) is 5.91 Å². The number of carbonyl (C=O) groups is 2. The van der Waals surface area contributed by atoms with E-state index in [-0.39, 0.29) is 17.8 Å². The summed E-state index contributed by atoms with van der Waals surface area (Å²) >= 11 is 0. The first-order valence-electron chi connectivity index (χ1n) is 7.83. The third kappa shape index (κ3) is 6.40. The van der Waals surface area contributed by atoms with Gasteiger partial charge in [-0.05, 0) is 40.5 Å². The number of hydrogen-bond donors (Lipinski definition) is 1. The van der Waals surface area contributed by atoms with E-state index in [1.165, 1.54) is 19.3 Å². The maximum Gasteiger partial charge on any atom is 0.328 e. The number of amides is 1. The summed E-state index contributed by atoms with van der Waals surface area (Å²) in [6, 6.07) is -0.577. The second-order valence-corrected chi connectivity index (χ2v) is 6.81. The lowest BCUT2D eigenvalue weighted by Gasteiger charge is -2.24. The van der Waals surface area contributed by atoms with Gasteiger partial charge >= 0.3 is 5.97 Å². The van der Waals surface area contributed by atoms with E-state index in [1.807, 2.05) is 20.8 Å². The molecule has 1 aliphatic rings. The van der Waals surface area contributed by atoms with E-state index in [0.29, 0.717) is 0 Å². The number of hydrogen-bond acceptors (Lipinski definition) is 3. The Labute approximate surface area is 122 Å². The zero-order valence-corrected chi connectivity index (χ0v) is 13.3. The first kappa shape index (κ1) is 17.0. The standard InChI is InChI=1S/C16H29NO3/c1-12(15(19)20-16(2,3)4)17-14(18)13-10-8-6-5-7-9-11-13/h12-13H,5-11H2,1-4H3,(H,17,18)/t12-/m0/s1. The molecule has 1 rings (SSSR count). The third-order valence-electron chi connectivity index (χ3n) is 3.60. The molecule has 1 saturated carbocycles. The molecule has 0 heterocycles. The molecule has 0 unspecified atom stereocenters. The van der Waals surface area contributed by atoms with Gasteiger partial charge in [-0.3, -0.25) is 4.79 Å². The van der Waals surface area contributed by atoms with Gasteiger partial charge in [-0.15, -0.1) is 0 Å². The summed E-state index contributed by atoms with van der Waals surface area (Å²) in [4.78, 5) is 24.1. The van der Waals surface area contributed by atoms with Gasteiger partial charge in [-0.2, -0.15) is 0 Å². The minimum atomic E-state index is -0.577. The highest BCUT2D eigenvalue weighted by Gasteiger charge is 2.26. The van der Waals surface area contributed by atoms with Crippen molar-refractivity contribution in [3.63, 3.8) is 0 Å². The molecule has 0 bridgehead atoms. The molecule has 0 aromatic rings. The van der Waals surface area contributed by atoms with Crippen LogP contribution in [-0.4, -0.2) is 23.5 Å². The van der Waals surface area contributed by atoms with Crippen LogP contribution in [0, 0.1) is 5.92 Å². The Morgan fingerprint density at radius 1 is 1.05 bits per heavy atom. The normalized spacial score (nSPS) is 19.6. The van der Waals surface area contributed by atoms with Gasteiger partial charge in [0.1, 0.15) is 11.6 Å². The van der Waals surface area contributed by atoms with Crippen LogP contribution < -0.4 is 5.32 Å². The minimum absolute atomic E-state index is 0.00487. The number of esters is 1. The molecule has 0 radical (unpaired) electrons. The van der Waals surface area contributed by atoms with E-state index in [9.17, 15) is 9.59 Å². The van der Waals surface area contributed by atoms with Gasteiger partial charge in [0.05, 0.1) is 0 Å². The van der Waals surface area contributed by atoms with Crippen molar-refractivity contribution in [2.75, 3.05) is 0 Å². The summed E-state index contributed by atoms with van der Waals surface area (Å²) in [7, 11) is 0. The summed E-state index contributed by atoms with van der Waals surface area (Å²) < 4.78 is 5.28. The van der Waals surface area contributed by atoms with Gasteiger partial charge in [0.15, 0.2) is 0 Å². The molecule has 0 aromatic carbocycles. The summed E-state index contributed by atoms with van der Waals surface area (Å²) in [5.74, 6) is -0.304. The van der Waals surface area contributed by atoms with Crippen molar-refractivity contribution in [2.24, 2.45) is 5.92 Å². The molecular weight excluding hydrogens is 254 g/mol. The van der Waals surface area contributed by atoms with Crippen molar-refractivity contribution in [3.05, 3.63) is 0 Å². The molecule has 20 heavy (non-hydrogen) atoms. The predicted molar refractivity (Wildman–Crippen MR) is 79.3 cm³/mol. The van der Waals surface area contributed by atoms with Gasteiger partial charge < -0.3 is 10.1 Å². The zero-order valence-electron chi connectivity index (χ0n) is 13.3. The molecule has 0 aromatic heterocycles. The Kier molecular flexibility index (Phi) is 6.50. The van der Waals surface area contributed by atoms with Crippen molar-refractivity contribution in [1.82, 2.24) is 5.32 Å². The van der Waals surface area contributed by atoms with Crippen molar-refractivity contribution in [1.29, 1.82) is 0 Å². The summed E-state index contributed by atoms with van der Waals surface area (Å²) in [6.07, 6.45) is 7.80. The van der Waals surface area contributed by atoms with E-state index < -0.39 is 11.6 Å². The number of ether oxygens (including phenoxy) is 1. The van der Waals surface area contributed by atoms with Crippen LogP contribution in [0.3, 0.4) is 0 Å². The van der Waals surface area contributed by atoms with Crippen molar-refractivity contribution < 1.29 is 14.3 Å². The highest BCUT2D eigenvalue weighted by atomic mass is 16.6. The molecule has 4 heteroatoms. The Morgan fingerprint density at radius 2 is 1.55 bits per heavy atom. The predicted octanol–water partition coefficient (Wildman–Crippen LogP) is 3.19. The Hall–Kier alpha value is -1.06. The fourth-order valence-corrected chi connectivity index (χ4v) is 2.50. The van der Waals surface area contributed by atoms with Crippen molar-refractivity contribution >= 4 is 11.9 Å². The van der Waals surface area contributed by atoms with Crippen molar-refractivity contribution in [2.45, 2.75) is 84.3 Å². The lowest BCUT2D eigenvalue weighted by molar-refractivity contribution is -0.158. The monoisotopic (exact) mass is 283 g/mol. The van der Waals surface area contributed by atoms with Crippen LogP contribution in [0.1, 0.15) is 72.6 Å². The second-order valence-electron chi connectivity index (χ2n) is 6.81. The molecule has 116 valence electrons. The van der Waals surface area contributed by atoms with E-state index in [1.54, 1.807) is 6.92 Å². The first-order chi connectivity index (χ1) is 9.29. The quantitative estimate of drug-likeness (QED) is 0.809. The highest BCUT2D eigenvalue weighted by Crippen LogP contribution is 2.22. The lowest BCUT2D eigenvalue weighted by Crippen LogP contribution is -2.44. The summed E-state index contributed by atoms with van der Waals surface area (Å²) in [5.41, 5.74) is -0.518. The Balaban J connectivity index is 2.45. The highest BCUT2D eigenvalue weighted by molar-refractivity contribution is 5.85. The minimum Gasteiger partial charge on any atom is -0.458 e. The Morgan fingerprint density at radius 3 is 2.05 bits per heavy atom. The SMILES string of the molecule is C[C@H](NC(=O)C1CCCCCCC1)C(=O)OC(C)(C)C. The van der Waals surface area contributed by atoms with E-state index in [4.69, 9.17) is 4.74 Å².